The summed E-state index contributed by atoms with van der Waals surface area (Å²) < 4.78 is 10.5. The highest BCUT2D eigenvalue weighted by Crippen LogP contribution is 2.23. The predicted molar refractivity (Wildman–Crippen MR) is 129 cm³/mol. The van der Waals surface area contributed by atoms with Crippen molar-refractivity contribution in [2.24, 2.45) is 5.10 Å². The first-order valence-electron chi connectivity index (χ1n) is 9.90. The van der Waals surface area contributed by atoms with Crippen molar-refractivity contribution < 1.29 is 19.1 Å². The monoisotopic (exact) mass is 463 g/mol. The van der Waals surface area contributed by atoms with Crippen LogP contribution in [0.15, 0.2) is 83.6 Å². The van der Waals surface area contributed by atoms with Crippen molar-refractivity contribution >= 4 is 35.7 Å². The minimum Gasteiger partial charge on any atom is -0.497 e. The Morgan fingerprint density at radius 1 is 0.939 bits per heavy atom. The lowest BCUT2D eigenvalue weighted by Crippen LogP contribution is -2.33. The predicted octanol–water partition coefficient (Wildman–Crippen LogP) is 4.28. The smallest absolute Gasteiger partial charge is 0.287 e. The average molecular weight is 464 g/mol. The van der Waals surface area contributed by atoms with Gasteiger partial charge in [0.05, 0.1) is 31.0 Å². The lowest BCUT2D eigenvalue weighted by Gasteiger charge is -2.10. The molecule has 7 nitrogen and oxygen atoms in total. The number of benzene rings is 3. The van der Waals surface area contributed by atoms with Crippen molar-refractivity contribution in [3.8, 4) is 11.5 Å². The molecule has 0 spiro atoms. The van der Waals surface area contributed by atoms with Crippen molar-refractivity contribution in [2.45, 2.75) is 0 Å². The molecule has 0 unspecified atom stereocenters. The molecule has 3 aromatic rings. The van der Waals surface area contributed by atoms with Gasteiger partial charge in [0.15, 0.2) is 0 Å². The normalized spacial score (nSPS) is 11.2. The molecule has 0 aliphatic rings. The van der Waals surface area contributed by atoms with Gasteiger partial charge in [0.2, 0.25) is 0 Å². The standard InChI is InChI=1S/C25H22ClN3O4/c1-32-19-13-12-18(23(15-19)33-2)16-27-29-25(31)22(14-17-8-4-3-5-9-17)28-24(30)20-10-6-7-11-21(20)26/h3-16H,1-2H3,(H,28,30)(H,29,31)/b22-14+,27-16+. The molecule has 0 atom stereocenters. The SMILES string of the molecule is COc1ccc(/C=N/NC(=O)/C(=C\c2ccccc2)NC(=O)c2ccccc2Cl)c(OC)c1. The summed E-state index contributed by atoms with van der Waals surface area (Å²) in [4.78, 5) is 25.6. The number of methoxy groups -OCH3 is 2. The number of halogens is 1. The zero-order chi connectivity index (χ0) is 23.6. The molecular weight excluding hydrogens is 442 g/mol. The molecule has 2 N–H and O–H groups in total. The molecule has 0 aliphatic heterocycles. The van der Waals surface area contributed by atoms with Crippen LogP contribution in [0.4, 0.5) is 0 Å². The number of nitrogens with one attached hydrogen (secondary N) is 2. The summed E-state index contributed by atoms with van der Waals surface area (Å²) in [5, 5.41) is 6.90. The first-order valence-corrected chi connectivity index (χ1v) is 10.3. The van der Waals surface area contributed by atoms with Gasteiger partial charge in [-0.05, 0) is 35.9 Å². The Morgan fingerprint density at radius 3 is 2.36 bits per heavy atom. The number of nitrogens with zero attached hydrogens (tertiary/aromatic N) is 1. The van der Waals surface area contributed by atoms with Gasteiger partial charge in [0.1, 0.15) is 17.2 Å². The highest BCUT2D eigenvalue weighted by Gasteiger charge is 2.16. The number of amides is 2. The summed E-state index contributed by atoms with van der Waals surface area (Å²) in [5.74, 6) is 0.0320. The Kier molecular flexibility index (Phi) is 8.21. The van der Waals surface area contributed by atoms with Gasteiger partial charge >= 0.3 is 0 Å². The van der Waals surface area contributed by atoms with Gasteiger partial charge in [-0.25, -0.2) is 5.43 Å². The van der Waals surface area contributed by atoms with Gasteiger partial charge in [0, 0.05) is 11.6 Å². The van der Waals surface area contributed by atoms with Crippen LogP contribution >= 0.6 is 11.6 Å². The molecule has 168 valence electrons. The van der Waals surface area contributed by atoms with E-state index in [1.807, 2.05) is 18.2 Å². The van der Waals surface area contributed by atoms with Crippen LogP contribution < -0.4 is 20.2 Å². The van der Waals surface area contributed by atoms with Crippen LogP contribution in [0.3, 0.4) is 0 Å². The summed E-state index contributed by atoms with van der Waals surface area (Å²) in [6.45, 7) is 0. The van der Waals surface area contributed by atoms with Crippen LogP contribution in [0.5, 0.6) is 11.5 Å². The van der Waals surface area contributed by atoms with Crippen LogP contribution in [-0.2, 0) is 4.79 Å². The zero-order valence-electron chi connectivity index (χ0n) is 18.0. The highest BCUT2D eigenvalue weighted by molar-refractivity contribution is 6.34. The summed E-state index contributed by atoms with van der Waals surface area (Å²) >= 11 is 6.12. The minimum absolute atomic E-state index is 0.00460. The topological polar surface area (TPSA) is 89.0 Å². The lowest BCUT2D eigenvalue weighted by molar-refractivity contribution is -0.117. The van der Waals surface area contributed by atoms with Gasteiger partial charge in [-0.2, -0.15) is 5.10 Å². The maximum absolute atomic E-state index is 12.9. The number of hydrazone groups is 1. The molecule has 0 bridgehead atoms. The lowest BCUT2D eigenvalue weighted by atomic mass is 10.1. The molecule has 0 aromatic heterocycles. The molecule has 3 aromatic carbocycles. The number of hydrogen-bond donors (Lipinski definition) is 2. The number of carbonyl (C=O) groups is 2. The molecule has 2 amide bonds. The molecular formula is C25H22ClN3O4. The molecule has 8 heteroatoms. The van der Waals surface area contributed by atoms with Crippen LogP contribution in [0.1, 0.15) is 21.5 Å². The number of ether oxygens (including phenoxy) is 2. The molecule has 0 fully saturated rings. The number of carbonyl (C=O) groups excluding carboxylic acids is 2. The summed E-state index contributed by atoms with van der Waals surface area (Å²) in [5.41, 5.74) is 4.04. The van der Waals surface area contributed by atoms with Crippen molar-refractivity contribution in [3.05, 3.63) is 100 Å². The van der Waals surface area contributed by atoms with E-state index >= 15 is 0 Å². The highest BCUT2D eigenvalue weighted by atomic mass is 35.5. The van der Waals surface area contributed by atoms with Gasteiger partial charge < -0.3 is 14.8 Å². The van der Waals surface area contributed by atoms with Gasteiger partial charge in [0.25, 0.3) is 11.8 Å². The zero-order valence-corrected chi connectivity index (χ0v) is 18.8. The van der Waals surface area contributed by atoms with E-state index in [9.17, 15) is 9.59 Å². The molecule has 3 rings (SSSR count). The quantitative estimate of drug-likeness (QED) is 0.296. The minimum atomic E-state index is -0.608. The van der Waals surface area contributed by atoms with E-state index in [1.165, 1.54) is 13.3 Å². The van der Waals surface area contributed by atoms with Gasteiger partial charge in [-0.3, -0.25) is 9.59 Å². The van der Waals surface area contributed by atoms with E-state index < -0.39 is 11.8 Å². The number of hydrogen-bond acceptors (Lipinski definition) is 5. The van der Waals surface area contributed by atoms with Crippen molar-refractivity contribution in [1.29, 1.82) is 0 Å². The van der Waals surface area contributed by atoms with E-state index in [4.69, 9.17) is 21.1 Å². The average Bonchev–Trinajstić information content (AvgIpc) is 2.84. The van der Waals surface area contributed by atoms with Crippen molar-refractivity contribution in [1.82, 2.24) is 10.7 Å². The first-order chi connectivity index (χ1) is 16.0. The molecule has 0 heterocycles. The van der Waals surface area contributed by atoms with E-state index in [-0.39, 0.29) is 16.3 Å². The molecule has 0 radical (unpaired) electrons. The first kappa shape index (κ1) is 23.6. The largest absolute Gasteiger partial charge is 0.497 e. The second-order valence-electron chi connectivity index (χ2n) is 6.71. The van der Waals surface area contributed by atoms with E-state index in [1.54, 1.807) is 67.8 Å². The van der Waals surface area contributed by atoms with Gasteiger partial charge in [-0.1, -0.05) is 54.1 Å². The second kappa shape index (κ2) is 11.5. The summed E-state index contributed by atoms with van der Waals surface area (Å²) in [6.07, 6.45) is 2.99. The summed E-state index contributed by atoms with van der Waals surface area (Å²) in [7, 11) is 3.08. The molecule has 0 saturated heterocycles. The third-order valence-electron chi connectivity index (χ3n) is 4.53. The summed E-state index contributed by atoms with van der Waals surface area (Å²) in [6, 6.07) is 20.9. The van der Waals surface area contributed by atoms with Crippen molar-refractivity contribution in [3.63, 3.8) is 0 Å². The second-order valence-corrected chi connectivity index (χ2v) is 7.12. The maximum atomic E-state index is 12.9. The molecule has 0 saturated carbocycles. The molecule has 33 heavy (non-hydrogen) atoms. The van der Waals surface area contributed by atoms with Crippen molar-refractivity contribution in [2.75, 3.05) is 14.2 Å². The molecule has 0 aliphatic carbocycles. The fourth-order valence-corrected chi connectivity index (χ4v) is 3.08. The van der Waals surface area contributed by atoms with Crippen LogP contribution in [-0.4, -0.2) is 32.2 Å². The Morgan fingerprint density at radius 2 is 1.67 bits per heavy atom. The van der Waals surface area contributed by atoms with Gasteiger partial charge in [-0.15, -0.1) is 0 Å². The van der Waals surface area contributed by atoms with E-state index in [0.29, 0.717) is 17.1 Å². The fraction of sp³-hybridized carbons (Fsp3) is 0.0800. The van der Waals surface area contributed by atoms with Crippen LogP contribution in [0, 0.1) is 0 Å². The van der Waals surface area contributed by atoms with E-state index in [0.717, 1.165) is 5.56 Å². The third kappa shape index (κ3) is 6.44. The third-order valence-corrected chi connectivity index (χ3v) is 4.86. The Labute approximate surface area is 196 Å². The Balaban J connectivity index is 1.81. The number of rotatable bonds is 8. The fourth-order valence-electron chi connectivity index (χ4n) is 2.86. The Bertz CT molecular complexity index is 1190. The van der Waals surface area contributed by atoms with Crippen LogP contribution in [0.25, 0.3) is 6.08 Å². The Hall–Kier alpha value is -4.10. The maximum Gasteiger partial charge on any atom is 0.287 e. The van der Waals surface area contributed by atoms with E-state index in [2.05, 4.69) is 15.8 Å². The van der Waals surface area contributed by atoms with Crippen LogP contribution in [0.2, 0.25) is 5.02 Å².